The Morgan fingerprint density at radius 2 is 1.90 bits per heavy atom. The Morgan fingerprint density at radius 1 is 1.25 bits per heavy atom. The molecule has 0 unspecified atom stereocenters. The molecule has 0 spiro atoms. The third-order valence-corrected chi connectivity index (χ3v) is 3.77. The Balaban J connectivity index is 2.07. The van der Waals surface area contributed by atoms with Gasteiger partial charge in [0.15, 0.2) is 5.69 Å². The standard InChI is InChI=1S/C15H15FN2O2/c16-11-7-5-10(6-8-11)14-9-13(15(19)20)17-18(14)12-3-1-2-4-12/h5-9,12H,1-4H2,(H,19,20). The SMILES string of the molecule is O=C(O)c1cc(-c2ccc(F)cc2)n(C2CCCC2)n1. The molecule has 20 heavy (non-hydrogen) atoms. The molecule has 3 rings (SSSR count). The molecule has 2 aromatic rings. The zero-order chi connectivity index (χ0) is 14.1. The minimum atomic E-state index is -1.04. The highest BCUT2D eigenvalue weighted by atomic mass is 19.1. The van der Waals surface area contributed by atoms with Crippen LogP contribution in [0.5, 0.6) is 0 Å². The highest BCUT2D eigenvalue weighted by molar-refractivity contribution is 5.87. The second-order valence-corrected chi connectivity index (χ2v) is 5.11. The van der Waals surface area contributed by atoms with Crippen LogP contribution in [0.1, 0.15) is 42.2 Å². The van der Waals surface area contributed by atoms with Gasteiger partial charge in [0.1, 0.15) is 5.82 Å². The molecule has 0 radical (unpaired) electrons. The topological polar surface area (TPSA) is 55.1 Å². The van der Waals surface area contributed by atoms with Crippen molar-refractivity contribution in [1.29, 1.82) is 0 Å². The van der Waals surface area contributed by atoms with Crippen molar-refractivity contribution in [3.05, 3.63) is 41.8 Å². The summed E-state index contributed by atoms with van der Waals surface area (Å²) in [5.41, 5.74) is 1.57. The van der Waals surface area contributed by atoms with E-state index < -0.39 is 5.97 Å². The van der Waals surface area contributed by atoms with E-state index in [4.69, 9.17) is 5.11 Å². The number of rotatable bonds is 3. The summed E-state index contributed by atoms with van der Waals surface area (Å²) >= 11 is 0. The van der Waals surface area contributed by atoms with Gasteiger partial charge in [-0.25, -0.2) is 9.18 Å². The largest absolute Gasteiger partial charge is 0.476 e. The van der Waals surface area contributed by atoms with Crippen LogP contribution in [0.2, 0.25) is 0 Å². The fourth-order valence-electron chi connectivity index (χ4n) is 2.76. The third kappa shape index (κ3) is 2.31. The molecule has 1 saturated carbocycles. The number of aromatic carboxylic acids is 1. The molecule has 104 valence electrons. The van der Waals surface area contributed by atoms with Crippen molar-refractivity contribution in [2.45, 2.75) is 31.7 Å². The van der Waals surface area contributed by atoms with Crippen molar-refractivity contribution in [2.24, 2.45) is 0 Å². The van der Waals surface area contributed by atoms with E-state index in [1.807, 2.05) is 0 Å². The first kappa shape index (κ1) is 12.8. The van der Waals surface area contributed by atoms with E-state index in [9.17, 15) is 9.18 Å². The Bertz CT molecular complexity index is 628. The van der Waals surface area contributed by atoms with Gasteiger partial charge in [0, 0.05) is 5.56 Å². The van der Waals surface area contributed by atoms with Crippen LogP contribution in [0.15, 0.2) is 30.3 Å². The molecular formula is C15H15FN2O2. The molecule has 1 fully saturated rings. The smallest absolute Gasteiger partial charge is 0.356 e. The van der Waals surface area contributed by atoms with Gasteiger partial charge in [0.25, 0.3) is 0 Å². The minimum Gasteiger partial charge on any atom is -0.476 e. The molecule has 1 heterocycles. The van der Waals surface area contributed by atoms with Gasteiger partial charge in [-0.15, -0.1) is 0 Å². The fraction of sp³-hybridized carbons (Fsp3) is 0.333. The predicted octanol–water partition coefficient (Wildman–Crippen LogP) is 3.50. The quantitative estimate of drug-likeness (QED) is 0.931. The van der Waals surface area contributed by atoms with Crippen LogP contribution in [0.4, 0.5) is 4.39 Å². The molecule has 1 aliphatic rings. The van der Waals surface area contributed by atoms with Crippen LogP contribution in [0.3, 0.4) is 0 Å². The zero-order valence-corrected chi connectivity index (χ0v) is 10.9. The van der Waals surface area contributed by atoms with Crippen molar-refractivity contribution in [3.8, 4) is 11.3 Å². The van der Waals surface area contributed by atoms with E-state index in [0.29, 0.717) is 0 Å². The zero-order valence-electron chi connectivity index (χ0n) is 10.9. The summed E-state index contributed by atoms with van der Waals surface area (Å²) in [6.07, 6.45) is 4.29. The van der Waals surface area contributed by atoms with Crippen molar-refractivity contribution < 1.29 is 14.3 Å². The molecule has 1 aromatic heterocycles. The molecule has 1 aliphatic carbocycles. The summed E-state index contributed by atoms with van der Waals surface area (Å²) in [5, 5.41) is 13.3. The van der Waals surface area contributed by atoms with Gasteiger partial charge in [0.2, 0.25) is 0 Å². The number of aromatic nitrogens is 2. The Hall–Kier alpha value is -2.17. The summed E-state index contributed by atoms with van der Waals surface area (Å²) in [7, 11) is 0. The average Bonchev–Trinajstić information content (AvgIpc) is 3.08. The van der Waals surface area contributed by atoms with Crippen LogP contribution in [-0.2, 0) is 0 Å². The fourth-order valence-corrected chi connectivity index (χ4v) is 2.76. The molecule has 0 saturated heterocycles. The lowest BCUT2D eigenvalue weighted by Gasteiger charge is -2.14. The first-order valence-corrected chi connectivity index (χ1v) is 6.74. The lowest BCUT2D eigenvalue weighted by molar-refractivity contribution is 0.0689. The lowest BCUT2D eigenvalue weighted by atomic mass is 10.1. The molecule has 0 aliphatic heterocycles. The molecule has 1 aromatic carbocycles. The molecular weight excluding hydrogens is 259 g/mol. The van der Waals surface area contributed by atoms with Crippen molar-refractivity contribution in [2.75, 3.05) is 0 Å². The normalized spacial score (nSPS) is 15.7. The van der Waals surface area contributed by atoms with Crippen LogP contribution >= 0.6 is 0 Å². The van der Waals surface area contributed by atoms with Gasteiger partial charge < -0.3 is 5.11 Å². The highest BCUT2D eigenvalue weighted by Crippen LogP contribution is 2.33. The number of hydrogen-bond donors (Lipinski definition) is 1. The molecule has 0 bridgehead atoms. The lowest BCUT2D eigenvalue weighted by Crippen LogP contribution is -2.09. The van der Waals surface area contributed by atoms with E-state index in [0.717, 1.165) is 36.9 Å². The van der Waals surface area contributed by atoms with Gasteiger partial charge in [-0.05, 0) is 43.2 Å². The second-order valence-electron chi connectivity index (χ2n) is 5.11. The van der Waals surface area contributed by atoms with Gasteiger partial charge in [-0.2, -0.15) is 5.10 Å². The van der Waals surface area contributed by atoms with Crippen molar-refractivity contribution in [1.82, 2.24) is 9.78 Å². The summed E-state index contributed by atoms with van der Waals surface area (Å²) in [5.74, 6) is -1.34. The van der Waals surface area contributed by atoms with E-state index in [1.165, 1.54) is 12.1 Å². The summed E-state index contributed by atoms with van der Waals surface area (Å²) in [6.45, 7) is 0. The highest BCUT2D eigenvalue weighted by Gasteiger charge is 2.23. The maximum atomic E-state index is 13.0. The molecule has 0 amide bonds. The summed E-state index contributed by atoms with van der Waals surface area (Å²) in [6, 6.07) is 7.87. The number of carbonyl (C=O) groups is 1. The molecule has 4 nitrogen and oxygen atoms in total. The number of carboxylic acid groups (broad SMARTS) is 1. The van der Waals surface area contributed by atoms with E-state index in [-0.39, 0.29) is 17.6 Å². The van der Waals surface area contributed by atoms with Gasteiger partial charge >= 0.3 is 5.97 Å². The summed E-state index contributed by atoms with van der Waals surface area (Å²) < 4.78 is 14.8. The third-order valence-electron chi connectivity index (χ3n) is 3.77. The monoisotopic (exact) mass is 274 g/mol. The Morgan fingerprint density at radius 3 is 2.50 bits per heavy atom. The second kappa shape index (κ2) is 5.07. The molecule has 0 atom stereocenters. The Labute approximate surface area is 115 Å². The Kier molecular flexibility index (Phi) is 3.26. The maximum Gasteiger partial charge on any atom is 0.356 e. The number of carboxylic acids is 1. The van der Waals surface area contributed by atoms with Crippen LogP contribution in [0.25, 0.3) is 11.3 Å². The number of benzene rings is 1. The van der Waals surface area contributed by atoms with Gasteiger partial charge in [-0.3, -0.25) is 4.68 Å². The van der Waals surface area contributed by atoms with E-state index in [2.05, 4.69) is 5.10 Å². The number of halogens is 1. The minimum absolute atomic E-state index is 0.0382. The van der Waals surface area contributed by atoms with Crippen molar-refractivity contribution >= 4 is 5.97 Å². The van der Waals surface area contributed by atoms with E-state index in [1.54, 1.807) is 22.9 Å². The number of nitrogens with zero attached hydrogens (tertiary/aromatic N) is 2. The van der Waals surface area contributed by atoms with E-state index >= 15 is 0 Å². The first-order chi connectivity index (χ1) is 9.65. The number of hydrogen-bond acceptors (Lipinski definition) is 2. The maximum absolute atomic E-state index is 13.0. The predicted molar refractivity (Wildman–Crippen MR) is 72.1 cm³/mol. The first-order valence-electron chi connectivity index (χ1n) is 6.74. The van der Waals surface area contributed by atoms with Crippen LogP contribution in [-0.4, -0.2) is 20.9 Å². The van der Waals surface area contributed by atoms with Crippen LogP contribution in [0, 0.1) is 5.82 Å². The molecule has 5 heteroatoms. The van der Waals surface area contributed by atoms with Crippen molar-refractivity contribution in [3.63, 3.8) is 0 Å². The summed E-state index contributed by atoms with van der Waals surface area (Å²) in [4.78, 5) is 11.1. The van der Waals surface area contributed by atoms with Gasteiger partial charge in [-0.1, -0.05) is 12.8 Å². The van der Waals surface area contributed by atoms with Crippen LogP contribution < -0.4 is 0 Å². The molecule has 1 N–H and O–H groups in total. The average molecular weight is 274 g/mol. The van der Waals surface area contributed by atoms with Gasteiger partial charge in [0.05, 0.1) is 11.7 Å².